The second-order valence-corrected chi connectivity index (χ2v) is 5.14. The van der Waals surface area contributed by atoms with Crippen LogP contribution in [-0.4, -0.2) is 15.0 Å². The molecule has 19 heavy (non-hydrogen) atoms. The summed E-state index contributed by atoms with van der Waals surface area (Å²) in [6.07, 6.45) is 1.02. The van der Waals surface area contributed by atoms with Crippen molar-refractivity contribution >= 4 is 32.7 Å². The van der Waals surface area contributed by atoms with Crippen LogP contribution in [0.25, 0.3) is 16.7 Å². The minimum Gasteiger partial charge on any atom is -0.398 e. The van der Waals surface area contributed by atoms with Gasteiger partial charge >= 0.3 is 0 Å². The number of anilines is 1. The van der Waals surface area contributed by atoms with Gasteiger partial charge in [0, 0.05) is 5.69 Å². The van der Waals surface area contributed by atoms with Gasteiger partial charge in [0.25, 0.3) is 0 Å². The molecule has 4 nitrogen and oxygen atoms in total. The third-order valence-corrected chi connectivity index (χ3v) is 3.93. The Labute approximate surface area is 119 Å². The first-order valence-electron chi connectivity index (χ1n) is 6.09. The van der Waals surface area contributed by atoms with Crippen molar-refractivity contribution in [1.29, 1.82) is 0 Å². The summed E-state index contributed by atoms with van der Waals surface area (Å²) < 4.78 is 0.793. The zero-order chi connectivity index (χ0) is 13.4. The largest absolute Gasteiger partial charge is 0.398 e. The summed E-state index contributed by atoms with van der Waals surface area (Å²) in [4.78, 5) is 1.63. The van der Waals surface area contributed by atoms with Crippen molar-refractivity contribution < 1.29 is 0 Å². The minimum absolute atomic E-state index is 0.667. The molecule has 0 fully saturated rings. The van der Waals surface area contributed by atoms with Crippen LogP contribution in [0.3, 0.4) is 0 Å². The Morgan fingerprint density at radius 3 is 2.53 bits per heavy atom. The molecule has 0 amide bonds. The monoisotopic (exact) mass is 316 g/mol. The number of aromatic nitrogens is 3. The van der Waals surface area contributed by atoms with Crippen LogP contribution in [0.1, 0.15) is 12.5 Å². The normalized spacial score (nSPS) is 11.1. The van der Waals surface area contributed by atoms with Crippen molar-refractivity contribution in [2.24, 2.45) is 0 Å². The SMILES string of the molecule is CCc1ccc(-n2nc3ccc(N)c(Br)c3n2)cc1. The summed E-state index contributed by atoms with van der Waals surface area (Å²) in [5, 5.41) is 8.94. The number of hydrogen-bond acceptors (Lipinski definition) is 3. The maximum absolute atomic E-state index is 5.85. The van der Waals surface area contributed by atoms with E-state index in [4.69, 9.17) is 5.73 Å². The van der Waals surface area contributed by atoms with E-state index in [9.17, 15) is 0 Å². The van der Waals surface area contributed by atoms with Crippen LogP contribution in [0.2, 0.25) is 0 Å². The van der Waals surface area contributed by atoms with Gasteiger partial charge in [0.15, 0.2) is 0 Å². The minimum atomic E-state index is 0.667. The maximum Gasteiger partial charge on any atom is 0.129 e. The van der Waals surface area contributed by atoms with Crippen LogP contribution in [-0.2, 0) is 6.42 Å². The fourth-order valence-corrected chi connectivity index (χ4v) is 2.36. The number of fused-ring (bicyclic) bond motifs is 1. The lowest BCUT2D eigenvalue weighted by Gasteiger charge is -2.00. The highest BCUT2D eigenvalue weighted by Crippen LogP contribution is 2.27. The molecule has 1 aromatic heterocycles. The quantitative estimate of drug-likeness (QED) is 0.738. The summed E-state index contributed by atoms with van der Waals surface area (Å²) in [7, 11) is 0. The molecule has 0 aliphatic rings. The summed E-state index contributed by atoms with van der Waals surface area (Å²) in [5.41, 5.74) is 10.4. The molecule has 0 bridgehead atoms. The fraction of sp³-hybridized carbons (Fsp3) is 0.143. The fourth-order valence-electron chi connectivity index (χ4n) is 1.95. The van der Waals surface area contributed by atoms with E-state index in [0.29, 0.717) is 5.69 Å². The zero-order valence-corrected chi connectivity index (χ0v) is 12.1. The number of benzene rings is 2. The van der Waals surface area contributed by atoms with Gasteiger partial charge in [0.1, 0.15) is 11.0 Å². The Morgan fingerprint density at radius 2 is 1.84 bits per heavy atom. The molecule has 0 atom stereocenters. The Morgan fingerprint density at radius 1 is 1.11 bits per heavy atom. The highest BCUT2D eigenvalue weighted by molar-refractivity contribution is 9.10. The third-order valence-electron chi connectivity index (χ3n) is 3.10. The molecule has 3 rings (SSSR count). The molecule has 0 aliphatic carbocycles. The maximum atomic E-state index is 5.85. The van der Waals surface area contributed by atoms with Crippen LogP contribution in [0.5, 0.6) is 0 Å². The van der Waals surface area contributed by atoms with Gasteiger partial charge in [-0.25, -0.2) is 0 Å². The lowest BCUT2D eigenvalue weighted by Crippen LogP contribution is -1.98. The van der Waals surface area contributed by atoms with Crippen LogP contribution in [0, 0.1) is 0 Å². The molecule has 0 spiro atoms. The molecule has 3 aromatic rings. The average molecular weight is 317 g/mol. The summed E-state index contributed by atoms with van der Waals surface area (Å²) in [6, 6.07) is 11.9. The molecular formula is C14H13BrN4. The first-order valence-corrected chi connectivity index (χ1v) is 6.88. The van der Waals surface area contributed by atoms with Crippen molar-refractivity contribution in [2.75, 3.05) is 5.73 Å². The van der Waals surface area contributed by atoms with Crippen LogP contribution in [0.4, 0.5) is 5.69 Å². The van der Waals surface area contributed by atoms with Gasteiger partial charge in [-0.1, -0.05) is 19.1 Å². The predicted octanol–water partition coefficient (Wildman–Crippen LogP) is 3.33. The number of nitrogen functional groups attached to an aromatic ring is 1. The Hall–Kier alpha value is -1.88. The van der Waals surface area contributed by atoms with Gasteiger partial charge in [0.2, 0.25) is 0 Å². The molecule has 0 unspecified atom stereocenters. The van der Waals surface area contributed by atoms with Crippen molar-refractivity contribution in [1.82, 2.24) is 15.0 Å². The van der Waals surface area contributed by atoms with E-state index < -0.39 is 0 Å². The number of rotatable bonds is 2. The van der Waals surface area contributed by atoms with Crippen molar-refractivity contribution in [3.8, 4) is 5.69 Å². The third kappa shape index (κ3) is 2.10. The second kappa shape index (κ2) is 4.66. The molecule has 0 saturated heterocycles. The van der Waals surface area contributed by atoms with E-state index in [1.54, 1.807) is 4.80 Å². The van der Waals surface area contributed by atoms with Gasteiger partial charge in [0.05, 0.1) is 10.2 Å². The van der Waals surface area contributed by atoms with E-state index in [1.807, 2.05) is 24.3 Å². The van der Waals surface area contributed by atoms with Crippen molar-refractivity contribution in [2.45, 2.75) is 13.3 Å². The number of aryl methyl sites for hydroxylation is 1. The highest BCUT2D eigenvalue weighted by Gasteiger charge is 2.09. The van der Waals surface area contributed by atoms with E-state index in [1.165, 1.54) is 5.56 Å². The molecule has 0 saturated carbocycles. The van der Waals surface area contributed by atoms with Gasteiger partial charge < -0.3 is 5.73 Å². The first-order chi connectivity index (χ1) is 9.19. The van der Waals surface area contributed by atoms with Crippen LogP contribution >= 0.6 is 15.9 Å². The van der Waals surface area contributed by atoms with Gasteiger partial charge in [-0.3, -0.25) is 0 Å². The van der Waals surface area contributed by atoms with Crippen molar-refractivity contribution in [3.05, 3.63) is 46.4 Å². The lowest BCUT2D eigenvalue weighted by molar-refractivity contribution is 0.765. The van der Waals surface area contributed by atoms with Crippen LogP contribution in [0.15, 0.2) is 40.9 Å². The van der Waals surface area contributed by atoms with E-state index >= 15 is 0 Å². The zero-order valence-electron chi connectivity index (χ0n) is 10.5. The summed E-state index contributed by atoms with van der Waals surface area (Å²) in [5.74, 6) is 0. The first kappa shape index (κ1) is 12.2. The number of nitrogens with zero attached hydrogens (tertiary/aromatic N) is 3. The number of nitrogens with two attached hydrogens (primary N) is 1. The Bertz CT molecular complexity index is 731. The smallest absolute Gasteiger partial charge is 0.129 e. The molecular weight excluding hydrogens is 304 g/mol. The van der Waals surface area contributed by atoms with E-state index in [-0.39, 0.29) is 0 Å². The van der Waals surface area contributed by atoms with Gasteiger partial charge in [-0.2, -0.15) is 4.80 Å². The highest BCUT2D eigenvalue weighted by atomic mass is 79.9. The summed E-state index contributed by atoms with van der Waals surface area (Å²) >= 11 is 3.45. The molecule has 1 heterocycles. The van der Waals surface area contributed by atoms with Gasteiger partial charge in [-0.05, 0) is 52.2 Å². The molecule has 2 aromatic carbocycles. The lowest BCUT2D eigenvalue weighted by atomic mass is 10.2. The second-order valence-electron chi connectivity index (χ2n) is 4.35. The number of halogens is 1. The molecule has 0 radical (unpaired) electrons. The standard InChI is InChI=1S/C14H13BrN4/c1-2-9-3-5-10(6-4-9)19-17-12-8-7-11(16)13(15)14(12)18-19/h3-8H,2,16H2,1H3. The average Bonchev–Trinajstić information content (AvgIpc) is 2.88. The predicted molar refractivity (Wildman–Crippen MR) is 80.4 cm³/mol. The van der Waals surface area contributed by atoms with Crippen LogP contribution < -0.4 is 5.73 Å². The Balaban J connectivity index is 2.12. The van der Waals surface area contributed by atoms with E-state index in [0.717, 1.165) is 27.6 Å². The number of hydrogen-bond donors (Lipinski definition) is 1. The summed E-state index contributed by atoms with van der Waals surface area (Å²) in [6.45, 7) is 2.13. The molecule has 5 heteroatoms. The van der Waals surface area contributed by atoms with Gasteiger partial charge in [-0.15, -0.1) is 10.2 Å². The molecule has 96 valence electrons. The Kier molecular flexibility index (Phi) is 2.98. The topological polar surface area (TPSA) is 56.7 Å². The molecule has 2 N–H and O–H groups in total. The van der Waals surface area contributed by atoms with Crippen molar-refractivity contribution in [3.63, 3.8) is 0 Å². The molecule has 0 aliphatic heterocycles. The van der Waals surface area contributed by atoms with E-state index in [2.05, 4.69) is 45.2 Å².